The van der Waals surface area contributed by atoms with E-state index in [1.54, 1.807) is 0 Å². The van der Waals surface area contributed by atoms with Gasteiger partial charge in [0.05, 0.1) is 11.0 Å². The number of benzene rings is 8. The number of nitrogens with zero attached hydrogens (tertiary/aromatic N) is 4. The van der Waals surface area contributed by atoms with Crippen LogP contribution in [0, 0.1) is 0 Å². The molecule has 0 fully saturated rings. The molecular weight excluding hydrogens is 733 g/mol. The first-order valence-electron chi connectivity index (χ1n) is 19.0. The predicted octanol–water partition coefficient (Wildman–Crippen LogP) is 14.4. The molecule has 12 aromatic rings. The number of para-hydroxylation sites is 2. The Morgan fingerprint density at radius 2 is 0.947 bits per heavy atom. The Bertz CT molecular complexity index is 3410. The van der Waals surface area contributed by atoms with E-state index in [0.717, 1.165) is 16.7 Å². The third kappa shape index (κ3) is 5.15. The van der Waals surface area contributed by atoms with Crippen molar-refractivity contribution in [1.82, 2.24) is 19.5 Å². The minimum atomic E-state index is 0.663. The zero-order valence-corrected chi connectivity index (χ0v) is 32.1. The Labute approximate surface area is 335 Å². The van der Waals surface area contributed by atoms with E-state index < -0.39 is 0 Å². The maximum Gasteiger partial charge on any atom is 0.164 e. The first-order valence-corrected chi connectivity index (χ1v) is 20.7. The molecule has 0 unspecified atom stereocenters. The molecule has 4 nitrogen and oxygen atoms in total. The van der Waals surface area contributed by atoms with E-state index in [-0.39, 0.29) is 0 Å². The molecule has 4 heterocycles. The van der Waals surface area contributed by atoms with Crippen LogP contribution in [0.4, 0.5) is 0 Å². The van der Waals surface area contributed by atoms with Crippen molar-refractivity contribution in [3.05, 3.63) is 182 Å². The van der Waals surface area contributed by atoms with Gasteiger partial charge in [0.15, 0.2) is 17.5 Å². The molecule has 57 heavy (non-hydrogen) atoms. The Morgan fingerprint density at radius 3 is 1.65 bits per heavy atom. The van der Waals surface area contributed by atoms with Crippen LogP contribution in [0.1, 0.15) is 0 Å². The van der Waals surface area contributed by atoms with Gasteiger partial charge in [-0.15, -0.1) is 22.7 Å². The van der Waals surface area contributed by atoms with Crippen molar-refractivity contribution in [1.29, 1.82) is 0 Å². The zero-order chi connectivity index (χ0) is 37.5. The van der Waals surface area contributed by atoms with Gasteiger partial charge in [-0.05, 0) is 48.0 Å². The minimum absolute atomic E-state index is 0.663. The normalized spacial score (nSPS) is 11.9. The van der Waals surface area contributed by atoms with Gasteiger partial charge in [0.2, 0.25) is 0 Å². The molecule has 0 saturated carbocycles. The minimum Gasteiger partial charge on any atom is -0.309 e. The summed E-state index contributed by atoms with van der Waals surface area (Å²) < 4.78 is 7.48. The van der Waals surface area contributed by atoms with Crippen LogP contribution in [0.15, 0.2) is 182 Å². The molecule has 6 heteroatoms. The molecule has 0 saturated heterocycles. The SMILES string of the molecule is c1ccc(-c2nc(-c3ccccc3)nc(-c3ccc4c(c3)sc3c(-c5cccc6sc7ccc(-n8c9ccccc9c9ccccc98)cc7c56)cccc34)n2)cc1. The summed E-state index contributed by atoms with van der Waals surface area (Å²) in [6.07, 6.45) is 0. The largest absolute Gasteiger partial charge is 0.309 e. The van der Waals surface area contributed by atoms with Crippen LogP contribution in [-0.4, -0.2) is 19.5 Å². The molecule has 0 bridgehead atoms. The number of fused-ring (bicyclic) bond motifs is 9. The van der Waals surface area contributed by atoms with E-state index in [1.807, 2.05) is 83.3 Å². The summed E-state index contributed by atoms with van der Waals surface area (Å²) in [6.45, 7) is 0. The van der Waals surface area contributed by atoms with Crippen LogP contribution in [0.2, 0.25) is 0 Å². The monoisotopic (exact) mass is 762 g/mol. The summed E-state index contributed by atoms with van der Waals surface area (Å²) in [7, 11) is 0. The molecule has 0 atom stereocenters. The summed E-state index contributed by atoms with van der Waals surface area (Å²) in [4.78, 5) is 15.0. The van der Waals surface area contributed by atoms with Gasteiger partial charge in [-0.1, -0.05) is 140 Å². The number of hydrogen-bond acceptors (Lipinski definition) is 5. The Kier molecular flexibility index (Phi) is 7.24. The van der Waals surface area contributed by atoms with Gasteiger partial charge < -0.3 is 4.57 Å². The Hall–Kier alpha value is -6.99. The van der Waals surface area contributed by atoms with E-state index in [1.165, 1.54) is 79.0 Å². The van der Waals surface area contributed by atoms with Crippen LogP contribution in [0.25, 0.3) is 113 Å². The van der Waals surface area contributed by atoms with Crippen molar-refractivity contribution in [2.45, 2.75) is 0 Å². The third-order valence-electron chi connectivity index (χ3n) is 11.1. The molecule has 0 spiro atoms. The molecule has 4 aromatic heterocycles. The Balaban J connectivity index is 1.03. The summed E-state index contributed by atoms with van der Waals surface area (Å²) >= 11 is 3.71. The van der Waals surface area contributed by atoms with E-state index in [0.29, 0.717) is 17.5 Å². The highest BCUT2D eigenvalue weighted by Gasteiger charge is 2.19. The zero-order valence-electron chi connectivity index (χ0n) is 30.4. The van der Waals surface area contributed by atoms with Crippen LogP contribution >= 0.6 is 22.7 Å². The van der Waals surface area contributed by atoms with E-state index in [2.05, 4.69) is 126 Å². The van der Waals surface area contributed by atoms with Crippen LogP contribution in [-0.2, 0) is 0 Å². The van der Waals surface area contributed by atoms with Crippen molar-refractivity contribution in [2.75, 3.05) is 0 Å². The highest BCUT2D eigenvalue weighted by molar-refractivity contribution is 7.27. The molecule has 0 aliphatic heterocycles. The van der Waals surface area contributed by atoms with Gasteiger partial charge in [-0.25, -0.2) is 15.0 Å². The van der Waals surface area contributed by atoms with Crippen molar-refractivity contribution in [2.24, 2.45) is 0 Å². The quantitative estimate of drug-likeness (QED) is 0.175. The topological polar surface area (TPSA) is 43.6 Å². The fraction of sp³-hybridized carbons (Fsp3) is 0. The lowest BCUT2D eigenvalue weighted by atomic mass is 9.97. The maximum atomic E-state index is 5.02. The van der Waals surface area contributed by atoms with Gasteiger partial charge in [0.1, 0.15) is 0 Å². The maximum absolute atomic E-state index is 5.02. The highest BCUT2D eigenvalue weighted by atomic mass is 32.1. The van der Waals surface area contributed by atoms with Crippen LogP contribution < -0.4 is 0 Å². The lowest BCUT2D eigenvalue weighted by molar-refractivity contribution is 1.07. The fourth-order valence-electron chi connectivity index (χ4n) is 8.47. The second-order valence-electron chi connectivity index (χ2n) is 14.4. The average molecular weight is 763 g/mol. The molecular formula is C51H30N4S2. The molecule has 0 aliphatic rings. The molecule has 0 amide bonds. The molecule has 12 rings (SSSR count). The Morgan fingerprint density at radius 1 is 0.351 bits per heavy atom. The van der Waals surface area contributed by atoms with Gasteiger partial charge in [0.25, 0.3) is 0 Å². The van der Waals surface area contributed by atoms with Gasteiger partial charge in [-0.2, -0.15) is 0 Å². The molecule has 0 N–H and O–H groups in total. The molecule has 0 radical (unpaired) electrons. The first kappa shape index (κ1) is 32.3. The van der Waals surface area contributed by atoms with E-state index >= 15 is 0 Å². The summed E-state index contributed by atoms with van der Waals surface area (Å²) in [6, 6.07) is 64.9. The van der Waals surface area contributed by atoms with Gasteiger partial charge in [0, 0.05) is 79.1 Å². The molecule has 266 valence electrons. The van der Waals surface area contributed by atoms with Crippen molar-refractivity contribution < 1.29 is 0 Å². The van der Waals surface area contributed by atoms with Crippen molar-refractivity contribution in [3.63, 3.8) is 0 Å². The standard InChI is InChI=1S/C51H30N4S2/c1-3-13-31(14-4-1)49-52-50(32-15-5-2-6-16-32)54-51(53-49)33-25-27-37-39-20-11-21-40(48(39)57-46(37)29-33)38-19-12-24-45-47(38)41-30-34(26-28-44(41)56-45)55-42-22-9-7-17-35(42)36-18-8-10-23-43(36)55/h1-30H. The van der Waals surface area contributed by atoms with Crippen molar-refractivity contribution in [3.8, 4) is 51.0 Å². The molecule has 0 aliphatic carbocycles. The number of rotatable bonds is 5. The lowest BCUT2D eigenvalue weighted by Gasteiger charge is -2.10. The van der Waals surface area contributed by atoms with E-state index in [9.17, 15) is 0 Å². The summed E-state index contributed by atoms with van der Waals surface area (Å²) in [5, 5.41) is 7.62. The predicted molar refractivity (Wildman–Crippen MR) is 242 cm³/mol. The third-order valence-corrected chi connectivity index (χ3v) is 13.4. The number of thiophene rings is 2. The number of hydrogen-bond donors (Lipinski definition) is 0. The second-order valence-corrected chi connectivity index (χ2v) is 16.5. The molecule has 8 aromatic carbocycles. The average Bonchev–Trinajstić information content (AvgIpc) is 3.96. The summed E-state index contributed by atoms with van der Waals surface area (Å²) in [5.41, 5.74) is 9.01. The lowest BCUT2D eigenvalue weighted by Crippen LogP contribution is -1.99. The van der Waals surface area contributed by atoms with E-state index in [4.69, 9.17) is 15.0 Å². The van der Waals surface area contributed by atoms with Gasteiger partial charge >= 0.3 is 0 Å². The fourth-order valence-corrected chi connectivity index (χ4v) is 10.8. The summed E-state index contributed by atoms with van der Waals surface area (Å²) in [5.74, 6) is 1.99. The van der Waals surface area contributed by atoms with Crippen LogP contribution in [0.5, 0.6) is 0 Å². The number of aromatic nitrogens is 4. The van der Waals surface area contributed by atoms with Gasteiger partial charge in [-0.3, -0.25) is 0 Å². The second kappa shape index (κ2) is 12.8. The van der Waals surface area contributed by atoms with Crippen LogP contribution in [0.3, 0.4) is 0 Å². The highest BCUT2D eigenvalue weighted by Crippen LogP contribution is 2.46. The smallest absolute Gasteiger partial charge is 0.164 e. The van der Waals surface area contributed by atoms with Crippen molar-refractivity contribution >= 4 is 84.8 Å². The first-order chi connectivity index (χ1) is 28.2.